The van der Waals surface area contributed by atoms with Gasteiger partial charge in [0.2, 0.25) is 0 Å². The lowest BCUT2D eigenvalue weighted by atomic mass is 10.1. The van der Waals surface area contributed by atoms with Crippen LogP contribution in [0.15, 0.2) is 66.7 Å². The molecule has 0 aliphatic heterocycles. The summed E-state index contributed by atoms with van der Waals surface area (Å²) in [7, 11) is 1.32. The molecule has 1 amide bonds. The Morgan fingerprint density at radius 3 is 2.55 bits per heavy atom. The van der Waals surface area contributed by atoms with Gasteiger partial charge in [0.05, 0.1) is 22.3 Å². The zero-order valence-electron chi connectivity index (χ0n) is 16.5. The summed E-state index contributed by atoms with van der Waals surface area (Å²) < 4.78 is 35.5. The number of carbonyl (C=O) groups is 1. The van der Waals surface area contributed by atoms with E-state index in [2.05, 4.69) is 21.1 Å². The molecule has 4 rings (SSSR count). The second kappa shape index (κ2) is 9.09. The van der Waals surface area contributed by atoms with Crippen LogP contribution in [0, 0.1) is 0 Å². The van der Waals surface area contributed by atoms with Crippen molar-refractivity contribution in [2.75, 3.05) is 12.4 Å². The second-order valence-electron chi connectivity index (χ2n) is 6.65. The van der Waals surface area contributed by atoms with Gasteiger partial charge in [-0.3, -0.25) is 4.79 Å². The Kier molecular flexibility index (Phi) is 6.08. The van der Waals surface area contributed by atoms with E-state index in [4.69, 9.17) is 4.74 Å². The molecule has 8 heteroatoms. The maximum atomic E-state index is 12.5. The number of methoxy groups -OCH3 is 1. The lowest BCUT2D eigenvalue weighted by Crippen LogP contribution is -2.12. The average Bonchev–Trinajstić information content (AvgIpc) is 3.17. The Hall–Kier alpha value is -3.52. The molecule has 158 valence electrons. The third kappa shape index (κ3) is 4.97. The van der Waals surface area contributed by atoms with Gasteiger partial charge >= 0.3 is 6.61 Å². The van der Waals surface area contributed by atoms with Gasteiger partial charge in [-0.05, 0) is 48.0 Å². The molecule has 4 aromatic rings. The van der Waals surface area contributed by atoms with E-state index in [0.717, 1.165) is 20.8 Å². The van der Waals surface area contributed by atoms with Gasteiger partial charge in [0.1, 0.15) is 0 Å². The van der Waals surface area contributed by atoms with Crippen molar-refractivity contribution >= 4 is 33.1 Å². The fourth-order valence-corrected chi connectivity index (χ4v) is 4.08. The molecule has 0 unspecified atom stereocenters. The maximum Gasteiger partial charge on any atom is 0.387 e. The van der Waals surface area contributed by atoms with Crippen molar-refractivity contribution in [3.63, 3.8) is 0 Å². The smallest absolute Gasteiger partial charge is 0.387 e. The van der Waals surface area contributed by atoms with Crippen molar-refractivity contribution in [1.82, 2.24) is 4.98 Å². The van der Waals surface area contributed by atoms with E-state index in [9.17, 15) is 13.6 Å². The number of nitrogens with zero attached hydrogens (tertiary/aromatic N) is 1. The molecule has 3 aromatic carbocycles. The molecule has 1 N–H and O–H groups in total. The van der Waals surface area contributed by atoms with Gasteiger partial charge in [0, 0.05) is 17.7 Å². The highest BCUT2D eigenvalue weighted by atomic mass is 32.1. The number of ether oxygens (including phenoxy) is 2. The first kappa shape index (κ1) is 20.7. The molecule has 0 aliphatic rings. The zero-order valence-corrected chi connectivity index (χ0v) is 17.3. The van der Waals surface area contributed by atoms with Gasteiger partial charge < -0.3 is 14.8 Å². The van der Waals surface area contributed by atoms with Gasteiger partial charge in [0.25, 0.3) is 5.91 Å². The molecule has 0 spiro atoms. The third-order valence-electron chi connectivity index (χ3n) is 4.55. The van der Waals surface area contributed by atoms with Gasteiger partial charge in [-0.1, -0.05) is 24.3 Å². The van der Waals surface area contributed by atoms with Crippen LogP contribution in [0.1, 0.15) is 20.9 Å². The topological polar surface area (TPSA) is 60.5 Å². The van der Waals surface area contributed by atoms with Crippen molar-refractivity contribution in [2.45, 2.75) is 13.0 Å². The molecule has 1 heterocycles. The molecule has 0 radical (unpaired) electrons. The van der Waals surface area contributed by atoms with Crippen LogP contribution in [-0.2, 0) is 6.42 Å². The Morgan fingerprint density at radius 1 is 1.06 bits per heavy atom. The lowest BCUT2D eigenvalue weighted by Gasteiger charge is -2.11. The summed E-state index contributed by atoms with van der Waals surface area (Å²) in [4.78, 5) is 17.2. The molecular formula is C23H18F2N2O3S. The summed E-state index contributed by atoms with van der Waals surface area (Å²) in [6.07, 6.45) is 0.705. The predicted octanol–water partition coefficient (Wildman–Crippen LogP) is 5.75. The predicted molar refractivity (Wildman–Crippen MR) is 116 cm³/mol. The van der Waals surface area contributed by atoms with Crippen molar-refractivity contribution in [3.8, 4) is 11.5 Å². The van der Waals surface area contributed by atoms with Crippen molar-refractivity contribution < 1.29 is 23.0 Å². The summed E-state index contributed by atoms with van der Waals surface area (Å²) in [5, 5.41) is 3.81. The number of hydrogen-bond donors (Lipinski definition) is 1. The average molecular weight is 440 g/mol. The van der Waals surface area contributed by atoms with Crippen LogP contribution in [0.25, 0.3) is 10.2 Å². The molecule has 0 saturated carbocycles. The van der Waals surface area contributed by atoms with E-state index >= 15 is 0 Å². The molecule has 31 heavy (non-hydrogen) atoms. The van der Waals surface area contributed by atoms with Crippen LogP contribution < -0.4 is 14.8 Å². The minimum absolute atomic E-state index is 0.0548. The molecule has 1 aromatic heterocycles. The Balaban J connectivity index is 1.43. The number of halogens is 2. The number of rotatable bonds is 7. The fraction of sp³-hybridized carbons (Fsp3) is 0.130. The number of anilines is 1. The van der Waals surface area contributed by atoms with Gasteiger partial charge in [-0.15, -0.1) is 11.3 Å². The minimum atomic E-state index is -2.98. The van der Waals surface area contributed by atoms with E-state index in [1.165, 1.54) is 25.3 Å². The van der Waals surface area contributed by atoms with Crippen LogP contribution in [0.3, 0.4) is 0 Å². The number of fused-ring (bicyclic) bond motifs is 1. The summed E-state index contributed by atoms with van der Waals surface area (Å²) in [5.74, 6) is -0.465. The van der Waals surface area contributed by atoms with E-state index in [-0.39, 0.29) is 23.0 Å². The summed E-state index contributed by atoms with van der Waals surface area (Å²) in [6.45, 7) is -2.98. The quantitative estimate of drug-likeness (QED) is 0.398. The van der Waals surface area contributed by atoms with Crippen molar-refractivity contribution in [2.24, 2.45) is 0 Å². The Morgan fingerprint density at radius 2 is 1.84 bits per heavy atom. The molecule has 5 nitrogen and oxygen atoms in total. The molecule has 0 atom stereocenters. The van der Waals surface area contributed by atoms with Gasteiger partial charge in [0.15, 0.2) is 11.5 Å². The first-order chi connectivity index (χ1) is 15.0. The number of benzene rings is 3. The van der Waals surface area contributed by atoms with Crippen LogP contribution in [-0.4, -0.2) is 24.6 Å². The monoisotopic (exact) mass is 440 g/mol. The molecular weight excluding hydrogens is 422 g/mol. The zero-order chi connectivity index (χ0) is 21.8. The Labute approximate surface area is 181 Å². The van der Waals surface area contributed by atoms with Crippen LogP contribution in [0.4, 0.5) is 14.5 Å². The van der Waals surface area contributed by atoms with Gasteiger partial charge in [-0.25, -0.2) is 4.98 Å². The Bertz CT molecular complexity index is 1180. The number of amides is 1. The van der Waals surface area contributed by atoms with Crippen LogP contribution in [0.2, 0.25) is 0 Å². The first-order valence-corrected chi connectivity index (χ1v) is 10.2. The van der Waals surface area contributed by atoms with Crippen molar-refractivity contribution in [1.29, 1.82) is 0 Å². The number of aromatic nitrogens is 1. The maximum absolute atomic E-state index is 12.5. The van der Waals surface area contributed by atoms with Crippen LogP contribution >= 0.6 is 11.3 Å². The molecule has 0 saturated heterocycles. The molecule has 0 bridgehead atoms. The number of carbonyl (C=O) groups excluding carboxylic acids is 1. The second-order valence-corrected chi connectivity index (χ2v) is 7.76. The van der Waals surface area contributed by atoms with E-state index < -0.39 is 6.61 Å². The normalized spacial score (nSPS) is 11.0. The van der Waals surface area contributed by atoms with E-state index in [0.29, 0.717) is 12.1 Å². The first-order valence-electron chi connectivity index (χ1n) is 9.39. The minimum Gasteiger partial charge on any atom is -0.493 e. The summed E-state index contributed by atoms with van der Waals surface area (Å²) in [5.41, 5.74) is 2.95. The van der Waals surface area contributed by atoms with Crippen molar-refractivity contribution in [3.05, 3.63) is 82.9 Å². The standard InChI is InChI=1S/C23H18F2N2O3S/c1-29-19-13-15(8-11-18(19)30-23(24)25)22(28)26-16-9-6-14(7-10-16)12-21-27-17-4-2-3-5-20(17)31-21/h2-11,13,23H,12H2,1H3,(H,26,28). The molecule has 0 aliphatic carbocycles. The fourth-order valence-electron chi connectivity index (χ4n) is 3.08. The third-order valence-corrected chi connectivity index (χ3v) is 5.58. The van der Waals surface area contributed by atoms with Gasteiger partial charge in [-0.2, -0.15) is 8.78 Å². The number of hydrogen-bond acceptors (Lipinski definition) is 5. The number of para-hydroxylation sites is 1. The number of thiazole rings is 1. The number of alkyl halides is 2. The largest absolute Gasteiger partial charge is 0.493 e. The highest BCUT2D eigenvalue weighted by Crippen LogP contribution is 2.30. The van der Waals surface area contributed by atoms with Crippen LogP contribution in [0.5, 0.6) is 11.5 Å². The SMILES string of the molecule is COc1cc(C(=O)Nc2ccc(Cc3nc4ccccc4s3)cc2)ccc1OC(F)F. The van der Waals surface area contributed by atoms with E-state index in [1.807, 2.05) is 42.5 Å². The lowest BCUT2D eigenvalue weighted by molar-refractivity contribution is -0.0512. The van der Waals surface area contributed by atoms with E-state index in [1.54, 1.807) is 11.3 Å². The number of nitrogens with one attached hydrogen (secondary N) is 1. The summed E-state index contributed by atoms with van der Waals surface area (Å²) >= 11 is 1.66. The molecule has 0 fully saturated rings. The highest BCUT2D eigenvalue weighted by molar-refractivity contribution is 7.18. The highest BCUT2D eigenvalue weighted by Gasteiger charge is 2.14. The summed E-state index contributed by atoms with van der Waals surface area (Å²) in [6, 6.07) is 19.5.